The number of halogens is 1. The quantitative estimate of drug-likeness (QED) is 0.216. The first-order chi connectivity index (χ1) is 12.3. The molecule has 0 aliphatic carbocycles. The zero-order valence-electron chi connectivity index (χ0n) is 16.5. The van der Waals surface area contributed by atoms with Crippen LogP contribution in [0.1, 0.15) is 39.2 Å². The molecule has 1 fully saturated rings. The van der Waals surface area contributed by atoms with Crippen molar-refractivity contribution in [1.29, 1.82) is 0 Å². The maximum absolute atomic E-state index is 10.7. The van der Waals surface area contributed by atoms with Crippen LogP contribution >= 0.6 is 24.0 Å². The lowest BCUT2D eigenvalue weighted by molar-refractivity contribution is -0.384. The van der Waals surface area contributed by atoms with Crippen molar-refractivity contribution in [3.05, 3.63) is 39.9 Å². The second kappa shape index (κ2) is 10.8. The Kier molecular flexibility index (Phi) is 9.44. The largest absolute Gasteiger partial charge is 0.377 e. The third kappa shape index (κ3) is 7.25. The number of nitro groups is 1. The normalized spacial score (nSPS) is 20.5. The molecule has 1 heterocycles. The fraction of sp³-hybridized carbons (Fsp3) is 0.632. The number of aliphatic imine (C=N–C) groups is 1. The molecule has 0 bridgehead atoms. The highest BCUT2D eigenvalue weighted by Gasteiger charge is 2.35. The highest BCUT2D eigenvalue weighted by atomic mass is 127. The summed E-state index contributed by atoms with van der Waals surface area (Å²) in [6.45, 7) is 8.86. The lowest BCUT2D eigenvalue weighted by Crippen LogP contribution is -2.47. The summed E-state index contributed by atoms with van der Waals surface area (Å²) >= 11 is 0. The Morgan fingerprint density at radius 2 is 1.96 bits per heavy atom. The molecule has 7 nitrogen and oxygen atoms in total. The molecular formula is C19H31IN4O3. The van der Waals surface area contributed by atoms with Crippen molar-refractivity contribution in [3.63, 3.8) is 0 Å². The molecule has 152 valence electrons. The lowest BCUT2D eigenvalue weighted by Gasteiger charge is -2.40. The van der Waals surface area contributed by atoms with Gasteiger partial charge < -0.3 is 15.4 Å². The van der Waals surface area contributed by atoms with Gasteiger partial charge in [0.15, 0.2) is 5.96 Å². The number of nitrogens with zero attached hydrogens (tertiary/aromatic N) is 2. The molecule has 0 radical (unpaired) electrons. The summed E-state index contributed by atoms with van der Waals surface area (Å²) in [4.78, 5) is 14.6. The summed E-state index contributed by atoms with van der Waals surface area (Å²) in [5.74, 6) is 1.17. The smallest absolute Gasteiger partial charge is 0.269 e. The van der Waals surface area contributed by atoms with E-state index in [1.807, 2.05) is 0 Å². The van der Waals surface area contributed by atoms with Crippen LogP contribution in [0.2, 0.25) is 0 Å². The van der Waals surface area contributed by atoms with Gasteiger partial charge in [-0.1, -0.05) is 32.9 Å². The van der Waals surface area contributed by atoms with Gasteiger partial charge in [-0.05, 0) is 23.8 Å². The predicted molar refractivity (Wildman–Crippen MR) is 119 cm³/mol. The molecule has 27 heavy (non-hydrogen) atoms. The molecule has 2 atom stereocenters. The molecule has 1 aliphatic heterocycles. The molecule has 0 amide bonds. The van der Waals surface area contributed by atoms with Crippen molar-refractivity contribution in [1.82, 2.24) is 10.6 Å². The van der Waals surface area contributed by atoms with E-state index in [4.69, 9.17) is 4.74 Å². The molecule has 8 heteroatoms. The van der Waals surface area contributed by atoms with E-state index in [2.05, 4.69) is 36.4 Å². The fourth-order valence-electron chi connectivity index (χ4n) is 3.38. The molecule has 1 saturated heterocycles. The Balaban J connectivity index is 0.00000364. The monoisotopic (exact) mass is 490 g/mol. The summed E-state index contributed by atoms with van der Waals surface area (Å²) in [7, 11) is 1.74. The topological polar surface area (TPSA) is 88.8 Å². The van der Waals surface area contributed by atoms with Gasteiger partial charge in [-0.15, -0.1) is 24.0 Å². The van der Waals surface area contributed by atoms with Crippen molar-refractivity contribution in [2.45, 2.75) is 46.3 Å². The Bertz CT molecular complexity index is 629. The average molecular weight is 490 g/mol. The zero-order valence-corrected chi connectivity index (χ0v) is 18.9. The van der Waals surface area contributed by atoms with Gasteiger partial charge in [-0.3, -0.25) is 15.1 Å². The van der Waals surface area contributed by atoms with E-state index in [0.29, 0.717) is 12.5 Å². The van der Waals surface area contributed by atoms with Crippen LogP contribution < -0.4 is 10.6 Å². The number of guanidine groups is 1. The van der Waals surface area contributed by atoms with Gasteiger partial charge in [-0.25, -0.2) is 0 Å². The predicted octanol–water partition coefficient (Wildman–Crippen LogP) is 3.72. The molecule has 0 spiro atoms. The number of non-ortho nitro benzene ring substituents is 1. The van der Waals surface area contributed by atoms with Gasteiger partial charge in [0.25, 0.3) is 5.69 Å². The molecule has 0 saturated carbocycles. The minimum absolute atomic E-state index is 0. The van der Waals surface area contributed by atoms with E-state index >= 15 is 0 Å². The standard InChI is InChI=1S/C19H30N4O3.HI/c1-19(2,3)17-15(6-5-11-26-17)13-22-18(20-4)21-12-14-7-9-16(10-8-14)23(24)25;/h7-10,15,17H,5-6,11-13H2,1-4H3,(H2,20,21,22);1H. The number of ether oxygens (including phenoxy) is 1. The zero-order chi connectivity index (χ0) is 19.2. The highest BCUT2D eigenvalue weighted by molar-refractivity contribution is 14.0. The minimum Gasteiger partial charge on any atom is -0.377 e. The summed E-state index contributed by atoms with van der Waals surface area (Å²) < 4.78 is 6.03. The van der Waals surface area contributed by atoms with E-state index in [9.17, 15) is 10.1 Å². The molecule has 1 aliphatic rings. The van der Waals surface area contributed by atoms with E-state index in [1.165, 1.54) is 12.1 Å². The number of benzene rings is 1. The molecule has 2 rings (SSSR count). The number of rotatable bonds is 5. The summed E-state index contributed by atoms with van der Waals surface area (Å²) in [5, 5.41) is 17.4. The van der Waals surface area contributed by atoms with E-state index < -0.39 is 4.92 Å². The van der Waals surface area contributed by atoms with Gasteiger partial charge in [0.2, 0.25) is 0 Å². The Morgan fingerprint density at radius 3 is 2.52 bits per heavy atom. The van der Waals surface area contributed by atoms with E-state index in [-0.39, 0.29) is 41.2 Å². The van der Waals surface area contributed by atoms with Crippen LogP contribution in [0.5, 0.6) is 0 Å². The third-order valence-electron chi connectivity index (χ3n) is 4.66. The second-order valence-electron chi connectivity index (χ2n) is 7.79. The van der Waals surface area contributed by atoms with Crippen LogP contribution in [-0.4, -0.2) is 37.2 Å². The maximum atomic E-state index is 10.7. The highest BCUT2D eigenvalue weighted by Crippen LogP contribution is 2.33. The first-order valence-electron chi connectivity index (χ1n) is 9.10. The minimum atomic E-state index is -0.393. The Morgan fingerprint density at radius 1 is 1.30 bits per heavy atom. The number of nitrogens with one attached hydrogen (secondary N) is 2. The molecule has 1 aromatic rings. The molecule has 2 N–H and O–H groups in total. The molecule has 1 aromatic carbocycles. The van der Waals surface area contributed by atoms with Crippen LogP contribution in [0.3, 0.4) is 0 Å². The molecular weight excluding hydrogens is 459 g/mol. The Hall–Kier alpha value is -1.42. The second-order valence-corrected chi connectivity index (χ2v) is 7.79. The maximum Gasteiger partial charge on any atom is 0.269 e. The number of hydrogen-bond donors (Lipinski definition) is 2. The fourth-order valence-corrected chi connectivity index (χ4v) is 3.38. The number of hydrogen-bond acceptors (Lipinski definition) is 4. The van der Waals surface area contributed by atoms with Crippen LogP contribution in [-0.2, 0) is 11.3 Å². The summed E-state index contributed by atoms with van der Waals surface area (Å²) in [6.07, 6.45) is 2.47. The van der Waals surface area contributed by atoms with Gasteiger partial charge in [0, 0.05) is 44.8 Å². The third-order valence-corrected chi connectivity index (χ3v) is 4.66. The van der Waals surface area contributed by atoms with Gasteiger partial charge >= 0.3 is 0 Å². The summed E-state index contributed by atoms with van der Waals surface area (Å²) in [5.41, 5.74) is 1.18. The first kappa shape index (κ1) is 23.6. The van der Waals surface area contributed by atoms with Crippen LogP contribution in [0.4, 0.5) is 5.69 Å². The van der Waals surface area contributed by atoms with Crippen molar-refractivity contribution in [2.24, 2.45) is 16.3 Å². The molecule has 2 unspecified atom stereocenters. The van der Waals surface area contributed by atoms with Crippen LogP contribution in [0, 0.1) is 21.4 Å². The first-order valence-corrected chi connectivity index (χ1v) is 9.10. The Labute approximate surface area is 178 Å². The van der Waals surface area contributed by atoms with Gasteiger partial charge in [0.05, 0.1) is 11.0 Å². The van der Waals surface area contributed by atoms with Gasteiger partial charge in [0.1, 0.15) is 0 Å². The van der Waals surface area contributed by atoms with Crippen molar-refractivity contribution in [2.75, 3.05) is 20.2 Å². The average Bonchev–Trinajstić information content (AvgIpc) is 2.61. The van der Waals surface area contributed by atoms with Gasteiger partial charge in [-0.2, -0.15) is 0 Å². The van der Waals surface area contributed by atoms with Crippen molar-refractivity contribution >= 4 is 35.6 Å². The SMILES string of the molecule is CN=C(NCc1ccc([N+](=O)[O-])cc1)NCC1CCCOC1C(C)(C)C.I. The van der Waals surface area contributed by atoms with E-state index in [0.717, 1.165) is 37.5 Å². The lowest BCUT2D eigenvalue weighted by atomic mass is 9.78. The van der Waals surface area contributed by atoms with Crippen LogP contribution in [0.25, 0.3) is 0 Å². The molecule has 0 aromatic heterocycles. The van der Waals surface area contributed by atoms with Crippen LogP contribution in [0.15, 0.2) is 29.3 Å². The van der Waals surface area contributed by atoms with E-state index in [1.54, 1.807) is 19.2 Å². The van der Waals surface area contributed by atoms with Crippen molar-refractivity contribution in [3.8, 4) is 0 Å². The summed E-state index contributed by atoms with van der Waals surface area (Å²) in [6, 6.07) is 6.53. The number of nitro benzene ring substituents is 1. The van der Waals surface area contributed by atoms with Crippen molar-refractivity contribution < 1.29 is 9.66 Å².